The van der Waals surface area contributed by atoms with E-state index in [-0.39, 0.29) is 11.9 Å². The lowest BCUT2D eigenvalue weighted by molar-refractivity contribution is 0.138. The van der Waals surface area contributed by atoms with Gasteiger partial charge in [0.2, 0.25) is 0 Å². The number of hydrogen-bond donors (Lipinski definition) is 2. The highest BCUT2D eigenvalue weighted by Gasteiger charge is 2.20. The minimum atomic E-state index is -0.641. The Morgan fingerprint density at radius 3 is 2.89 bits per heavy atom. The van der Waals surface area contributed by atoms with E-state index in [2.05, 4.69) is 4.90 Å². The molecule has 4 heteroatoms. The SMILES string of the molecule is Cc1ccc(C(O)CCN2CCC(O)C2)cc1F. The topological polar surface area (TPSA) is 43.7 Å². The number of hydrogen-bond acceptors (Lipinski definition) is 3. The van der Waals surface area contributed by atoms with Crippen LogP contribution in [-0.2, 0) is 0 Å². The second-order valence-corrected chi connectivity index (χ2v) is 5.06. The van der Waals surface area contributed by atoms with Crippen LogP contribution in [-0.4, -0.2) is 40.9 Å². The fraction of sp³-hybridized carbons (Fsp3) is 0.571. The molecule has 1 aliphatic heterocycles. The lowest BCUT2D eigenvalue weighted by Crippen LogP contribution is -2.24. The Bertz CT molecular complexity index is 411. The number of halogens is 1. The molecule has 1 aromatic rings. The first-order valence-electron chi connectivity index (χ1n) is 6.41. The second kappa shape index (κ2) is 5.78. The molecule has 1 saturated heterocycles. The zero-order valence-corrected chi connectivity index (χ0v) is 10.6. The van der Waals surface area contributed by atoms with Crippen LogP contribution in [0.25, 0.3) is 0 Å². The molecule has 2 unspecified atom stereocenters. The number of aliphatic hydroxyl groups is 2. The minimum absolute atomic E-state index is 0.237. The Balaban J connectivity index is 1.87. The minimum Gasteiger partial charge on any atom is -0.392 e. The number of rotatable bonds is 4. The van der Waals surface area contributed by atoms with Gasteiger partial charge in [0, 0.05) is 19.6 Å². The van der Waals surface area contributed by atoms with E-state index >= 15 is 0 Å². The molecular weight excluding hydrogens is 233 g/mol. The monoisotopic (exact) mass is 253 g/mol. The lowest BCUT2D eigenvalue weighted by Gasteiger charge is -2.18. The molecule has 0 bridgehead atoms. The second-order valence-electron chi connectivity index (χ2n) is 5.06. The van der Waals surface area contributed by atoms with Crippen LogP contribution >= 0.6 is 0 Å². The average Bonchev–Trinajstić information content (AvgIpc) is 2.75. The van der Waals surface area contributed by atoms with Gasteiger partial charge in [0.25, 0.3) is 0 Å². The molecule has 0 radical (unpaired) electrons. The predicted molar refractivity (Wildman–Crippen MR) is 67.8 cm³/mol. The van der Waals surface area contributed by atoms with E-state index in [4.69, 9.17) is 0 Å². The van der Waals surface area contributed by atoms with E-state index in [9.17, 15) is 14.6 Å². The van der Waals surface area contributed by atoms with Crippen molar-refractivity contribution in [1.82, 2.24) is 4.90 Å². The van der Waals surface area contributed by atoms with Crippen molar-refractivity contribution in [3.05, 3.63) is 35.1 Å². The van der Waals surface area contributed by atoms with Crippen molar-refractivity contribution in [1.29, 1.82) is 0 Å². The van der Waals surface area contributed by atoms with Crippen molar-refractivity contribution in [3.8, 4) is 0 Å². The largest absolute Gasteiger partial charge is 0.392 e. The molecule has 0 aliphatic carbocycles. The maximum Gasteiger partial charge on any atom is 0.126 e. The number of likely N-dealkylation sites (tertiary alicyclic amines) is 1. The van der Waals surface area contributed by atoms with Crippen LogP contribution in [0.3, 0.4) is 0 Å². The molecule has 1 aromatic carbocycles. The number of benzene rings is 1. The first kappa shape index (κ1) is 13.5. The highest BCUT2D eigenvalue weighted by atomic mass is 19.1. The Kier molecular flexibility index (Phi) is 4.32. The molecule has 0 saturated carbocycles. The molecule has 2 rings (SSSR count). The molecule has 100 valence electrons. The van der Waals surface area contributed by atoms with Crippen LogP contribution in [0.5, 0.6) is 0 Å². The zero-order chi connectivity index (χ0) is 13.1. The quantitative estimate of drug-likeness (QED) is 0.857. The van der Waals surface area contributed by atoms with Gasteiger partial charge in [-0.25, -0.2) is 4.39 Å². The smallest absolute Gasteiger partial charge is 0.126 e. The molecule has 2 N–H and O–H groups in total. The summed E-state index contributed by atoms with van der Waals surface area (Å²) in [5.74, 6) is -0.275. The maximum absolute atomic E-state index is 13.4. The summed E-state index contributed by atoms with van der Waals surface area (Å²) in [6, 6.07) is 4.86. The third-order valence-electron chi connectivity index (χ3n) is 3.55. The molecule has 0 spiro atoms. The Morgan fingerprint density at radius 1 is 1.50 bits per heavy atom. The number of β-amino-alcohol motifs (C(OH)–C–C–N with tert-alkyl or cyclic N) is 1. The van der Waals surface area contributed by atoms with Crippen molar-refractivity contribution in [2.75, 3.05) is 19.6 Å². The Labute approximate surface area is 107 Å². The normalized spacial score (nSPS) is 22.3. The van der Waals surface area contributed by atoms with Crippen molar-refractivity contribution in [3.63, 3.8) is 0 Å². The molecule has 1 heterocycles. The summed E-state index contributed by atoms with van der Waals surface area (Å²) in [4.78, 5) is 2.12. The molecule has 0 aromatic heterocycles. The third-order valence-corrected chi connectivity index (χ3v) is 3.55. The number of aliphatic hydroxyl groups excluding tert-OH is 2. The summed E-state index contributed by atoms with van der Waals surface area (Å²) in [5, 5.41) is 19.4. The summed E-state index contributed by atoms with van der Waals surface area (Å²) in [6.45, 7) is 3.98. The number of aryl methyl sites for hydroxylation is 1. The molecule has 2 atom stereocenters. The van der Waals surface area contributed by atoms with Crippen LogP contribution in [0.4, 0.5) is 4.39 Å². The van der Waals surface area contributed by atoms with Gasteiger partial charge in [0.15, 0.2) is 0 Å². The van der Waals surface area contributed by atoms with Crippen LogP contribution in [0.2, 0.25) is 0 Å². The van der Waals surface area contributed by atoms with Crippen LogP contribution in [0, 0.1) is 12.7 Å². The highest BCUT2D eigenvalue weighted by molar-refractivity contribution is 5.24. The summed E-state index contributed by atoms with van der Waals surface area (Å²) in [6.07, 6.45) is 0.488. The fourth-order valence-electron chi connectivity index (χ4n) is 2.30. The van der Waals surface area contributed by atoms with Gasteiger partial charge in [-0.1, -0.05) is 12.1 Å². The van der Waals surface area contributed by atoms with Crippen LogP contribution in [0.1, 0.15) is 30.1 Å². The van der Waals surface area contributed by atoms with E-state index in [1.807, 2.05) is 0 Å². The van der Waals surface area contributed by atoms with Gasteiger partial charge in [0.1, 0.15) is 5.82 Å². The Morgan fingerprint density at radius 2 is 2.28 bits per heavy atom. The van der Waals surface area contributed by atoms with E-state index in [1.165, 1.54) is 6.07 Å². The summed E-state index contributed by atoms with van der Waals surface area (Å²) < 4.78 is 13.4. The van der Waals surface area contributed by atoms with Gasteiger partial charge < -0.3 is 15.1 Å². The van der Waals surface area contributed by atoms with E-state index in [1.54, 1.807) is 19.1 Å². The first-order valence-corrected chi connectivity index (χ1v) is 6.41. The van der Waals surface area contributed by atoms with Crippen molar-refractivity contribution in [2.24, 2.45) is 0 Å². The van der Waals surface area contributed by atoms with Crippen molar-refractivity contribution in [2.45, 2.75) is 32.0 Å². The van der Waals surface area contributed by atoms with E-state index in [0.717, 1.165) is 19.5 Å². The van der Waals surface area contributed by atoms with Gasteiger partial charge >= 0.3 is 0 Å². The molecule has 3 nitrogen and oxygen atoms in total. The average molecular weight is 253 g/mol. The van der Waals surface area contributed by atoms with Crippen LogP contribution < -0.4 is 0 Å². The first-order chi connectivity index (χ1) is 8.56. The molecule has 18 heavy (non-hydrogen) atoms. The standard InChI is InChI=1S/C14H20FNO2/c1-10-2-3-11(8-13(10)15)14(18)5-7-16-6-4-12(17)9-16/h2-3,8,12,14,17-18H,4-7,9H2,1H3. The molecule has 1 aliphatic rings. The molecule has 1 fully saturated rings. The van der Waals surface area contributed by atoms with Crippen molar-refractivity contribution >= 4 is 0 Å². The summed E-state index contributed by atoms with van der Waals surface area (Å²) >= 11 is 0. The maximum atomic E-state index is 13.4. The van der Waals surface area contributed by atoms with E-state index in [0.29, 0.717) is 24.1 Å². The Hall–Kier alpha value is -0.970. The predicted octanol–water partition coefficient (Wildman–Crippen LogP) is 1.62. The zero-order valence-electron chi connectivity index (χ0n) is 10.6. The van der Waals surface area contributed by atoms with Crippen LogP contribution in [0.15, 0.2) is 18.2 Å². The van der Waals surface area contributed by atoms with Gasteiger partial charge in [-0.15, -0.1) is 0 Å². The van der Waals surface area contributed by atoms with Gasteiger partial charge in [0.05, 0.1) is 12.2 Å². The summed E-state index contributed by atoms with van der Waals surface area (Å²) in [5.41, 5.74) is 1.21. The van der Waals surface area contributed by atoms with Crippen molar-refractivity contribution < 1.29 is 14.6 Å². The summed E-state index contributed by atoms with van der Waals surface area (Å²) in [7, 11) is 0. The molecule has 0 amide bonds. The van der Waals surface area contributed by atoms with Gasteiger partial charge in [-0.3, -0.25) is 0 Å². The molecular formula is C14H20FNO2. The van der Waals surface area contributed by atoms with E-state index < -0.39 is 6.10 Å². The van der Waals surface area contributed by atoms with Gasteiger partial charge in [-0.2, -0.15) is 0 Å². The highest BCUT2D eigenvalue weighted by Crippen LogP contribution is 2.20. The number of nitrogens with zero attached hydrogens (tertiary/aromatic N) is 1. The third kappa shape index (κ3) is 3.28. The lowest BCUT2D eigenvalue weighted by atomic mass is 10.0. The fourth-order valence-corrected chi connectivity index (χ4v) is 2.30. The van der Waals surface area contributed by atoms with Gasteiger partial charge in [-0.05, 0) is 37.0 Å².